The quantitative estimate of drug-likeness (QED) is 0.763. The zero-order valence-corrected chi connectivity index (χ0v) is 11.6. The van der Waals surface area contributed by atoms with Crippen LogP contribution in [0.3, 0.4) is 0 Å². The van der Waals surface area contributed by atoms with E-state index < -0.39 is 5.60 Å². The lowest BCUT2D eigenvalue weighted by molar-refractivity contribution is 0.104. The molecule has 0 aliphatic rings. The van der Waals surface area contributed by atoms with E-state index in [0.717, 1.165) is 27.8 Å². The van der Waals surface area contributed by atoms with Crippen molar-refractivity contribution in [3.8, 4) is 5.75 Å². The van der Waals surface area contributed by atoms with Crippen molar-refractivity contribution in [2.45, 2.75) is 12.5 Å². The Morgan fingerprint density at radius 1 is 1.10 bits per heavy atom. The molecule has 0 saturated heterocycles. The molecule has 2 N–H and O–H groups in total. The highest BCUT2D eigenvalue weighted by Crippen LogP contribution is 2.35. The molecule has 102 valence electrons. The summed E-state index contributed by atoms with van der Waals surface area (Å²) in [5, 5.41) is 12.1. The summed E-state index contributed by atoms with van der Waals surface area (Å²) in [6.45, 7) is 1.81. The van der Waals surface area contributed by atoms with E-state index in [1.54, 1.807) is 7.11 Å². The molecule has 0 amide bonds. The Bertz CT molecular complexity index is 743. The van der Waals surface area contributed by atoms with Crippen molar-refractivity contribution in [1.29, 1.82) is 0 Å². The number of aromatic amines is 1. The number of rotatable bonds is 3. The van der Waals surface area contributed by atoms with Crippen molar-refractivity contribution >= 4 is 10.9 Å². The Labute approximate surface area is 117 Å². The van der Waals surface area contributed by atoms with Crippen molar-refractivity contribution in [3.63, 3.8) is 0 Å². The summed E-state index contributed by atoms with van der Waals surface area (Å²) in [5.74, 6) is 0.740. The van der Waals surface area contributed by atoms with E-state index in [9.17, 15) is 5.11 Å². The number of H-pyrrole nitrogens is 1. The van der Waals surface area contributed by atoms with Crippen LogP contribution in [0.25, 0.3) is 10.9 Å². The van der Waals surface area contributed by atoms with Crippen molar-refractivity contribution in [2.24, 2.45) is 0 Å². The number of aromatic nitrogens is 1. The van der Waals surface area contributed by atoms with Crippen LogP contribution in [-0.2, 0) is 5.60 Å². The predicted molar refractivity (Wildman–Crippen MR) is 80.0 cm³/mol. The molecule has 0 bridgehead atoms. The van der Waals surface area contributed by atoms with Crippen LogP contribution in [0, 0.1) is 0 Å². The molecular formula is C17H17NO2. The fraction of sp³-hybridized carbons (Fsp3) is 0.176. The van der Waals surface area contributed by atoms with Crippen LogP contribution in [0.15, 0.2) is 54.7 Å². The third kappa shape index (κ3) is 1.96. The van der Waals surface area contributed by atoms with Gasteiger partial charge in [0, 0.05) is 17.1 Å². The van der Waals surface area contributed by atoms with Gasteiger partial charge in [-0.2, -0.15) is 0 Å². The molecule has 2 aromatic carbocycles. The highest BCUT2D eigenvalue weighted by Gasteiger charge is 2.28. The minimum atomic E-state index is -1.07. The Balaban J connectivity index is 2.17. The van der Waals surface area contributed by atoms with Gasteiger partial charge in [-0.15, -0.1) is 0 Å². The van der Waals surface area contributed by atoms with Crippen molar-refractivity contribution < 1.29 is 9.84 Å². The van der Waals surface area contributed by atoms with E-state index in [4.69, 9.17) is 4.74 Å². The Kier molecular flexibility index (Phi) is 2.99. The first-order valence-corrected chi connectivity index (χ1v) is 6.56. The maximum atomic E-state index is 11.0. The normalized spacial score (nSPS) is 14.2. The number of hydrogen-bond acceptors (Lipinski definition) is 2. The lowest BCUT2D eigenvalue weighted by Gasteiger charge is -2.25. The predicted octanol–water partition coefficient (Wildman–Crippen LogP) is 3.43. The molecule has 3 rings (SSSR count). The van der Waals surface area contributed by atoms with Crippen LogP contribution in [0.5, 0.6) is 5.75 Å². The van der Waals surface area contributed by atoms with Gasteiger partial charge in [0.25, 0.3) is 0 Å². The van der Waals surface area contributed by atoms with Crippen molar-refractivity contribution in [1.82, 2.24) is 4.98 Å². The third-order valence-electron chi connectivity index (χ3n) is 3.75. The first-order chi connectivity index (χ1) is 9.63. The highest BCUT2D eigenvalue weighted by atomic mass is 16.5. The number of fused-ring (bicyclic) bond motifs is 1. The monoisotopic (exact) mass is 267 g/mol. The van der Waals surface area contributed by atoms with Crippen molar-refractivity contribution in [3.05, 3.63) is 65.9 Å². The number of hydrogen-bond donors (Lipinski definition) is 2. The third-order valence-corrected chi connectivity index (χ3v) is 3.75. The molecule has 20 heavy (non-hydrogen) atoms. The van der Waals surface area contributed by atoms with Gasteiger partial charge in [0.05, 0.1) is 7.11 Å². The van der Waals surface area contributed by atoms with E-state index in [-0.39, 0.29) is 0 Å². The van der Waals surface area contributed by atoms with E-state index in [1.165, 1.54) is 0 Å². The average molecular weight is 267 g/mol. The molecule has 3 nitrogen and oxygen atoms in total. The van der Waals surface area contributed by atoms with E-state index >= 15 is 0 Å². The molecule has 0 aliphatic carbocycles. The largest absolute Gasteiger partial charge is 0.497 e. The summed E-state index contributed by atoms with van der Waals surface area (Å²) < 4.78 is 5.24. The molecule has 0 saturated carbocycles. The van der Waals surface area contributed by atoms with Crippen LogP contribution in [0.4, 0.5) is 0 Å². The number of nitrogens with one attached hydrogen (secondary N) is 1. The molecule has 1 atom stereocenters. The summed E-state index contributed by atoms with van der Waals surface area (Å²) >= 11 is 0. The van der Waals surface area contributed by atoms with Gasteiger partial charge < -0.3 is 14.8 Å². The zero-order valence-electron chi connectivity index (χ0n) is 11.6. The van der Waals surface area contributed by atoms with E-state index in [0.29, 0.717) is 0 Å². The van der Waals surface area contributed by atoms with Crippen LogP contribution in [-0.4, -0.2) is 17.2 Å². The van der Waals surface area contributed by atoms with Crippen LogP contribution in [0.1, 0.15) is 18.1 Å². The number of benzene rings is 2. The van der Waals surface area contributed by atoms with Gasteiger partial charge in [-0.1, -0.05) is 24.3 Å². The first kappa shape index (κ1) is 12.8. The zero-order chi connectivity index (χ0) is 14.2. The van der Waals surface area contributed by atoms with Gasteiger partial charge in [-0.05, 0) is 42.3 Å². The lowest BCUT2D eigenvalue weighted by atomic mass is 9.86. The van der Waals surface area contributed by atoms with Gasteiger partial charge in [-0.3, -0.25) is 0 Å². The van der Waals surface area contributed by atoms with E-state index in [2.05, 4.69) is 4.98 Å². The number of ether oxygens (including phenoxy) is 1. The second-order valence-corrected chi connectivity index (χ2v) is 5.05. The average Bonchev–Trinajstić information content (AvgIpc) is 2.95. The van der Waals surface area contributed by atoms with Gasteiger partial charge >= 0.3 is 0 Å². The Morgan fingerprint density at radius 3 is 2.70 bits per heavy atom. The van der Waals surface area contributed by atoms with Crippen molar-refractivity contribution in [2.75, 3.05) is 7.11 Å². The summed E-state index contributed by atoms with van der Waals surface area (Å²) in [5.41, 5.74) is 1.64. The Morgan fingerprint density at radius 2 is 1.90 bits per heavy atom. The molecule has 3 aromatic rings. The summed E-state index contributed by atoms with van der Waals surface area (Å²) in [7, 11) is 1.63. The van der Waals surface area contributed by atoms with Crippen LogP contribution in [0.2, 0.25) is 0 Å². The fourth-order valence-corrected chi connectivity index (χ4v) is 2.59. The minimum absolute atomic E-state index is 0.740. The maximum absolute atomic E-state index is 11.0. The maximum Gasteiger partial charge on any atom is 0.119 e. The van der Waals surface area contributed by atoms with Gasteiger partial charge in [0.1, 0.15) is 11.4 Å². The van der Waals surface area contributed by atoms with Gasteiger partial charge in [0.2, 0.25) is 0 Å². The van der Waals surface area contributed by atoms with Crippen LogP contribution < -0.4 is 4.74 Å². The van der Waals surface area contributed by atoms with E-state index in [1.807, 2.05) is 61.7 Å². The second-order valence-electron chi connectivity index (χ2n) is 5.05. The number of aliphatic hydroxyl groups is 1. The molecule has 0 fully saturated rings. The molecule has 0 spiro atoms. The minimum Gasteiger partial charge on any atom is -0.497 e. The van der Waals surface area contributed by atoms with Gasteiger partial charge in [0.15, 0.2) is 0 Å². The molecule has 0 aliphatic heterocycles. The smallest absolute Gasteiger partial charge is 0.119 e. The molecule has 1 aromatic heterocycles. The summed E-state index contributed by atoms with van der Waals surface area (Å²) in [6.07, 6.45) is 1.88. The Hall–Kier alpha value is -2.26. The first-order valence-electron chi connectivity index (χ1n) is 6.56. The molecule has 1 unspecified atom stereocenters. The SMILES string of the molecule is COc1cccc(C(C)(O)c2cccc3[nH]ccc23)c1. The molecular weight excluding hydrogens is 250 g/mol. The topological polar surface area (TPSA) is 45.2 Å². The van der Waals surface area contributed by atoms with Gasteiger partial charge in [-0.25, -0.2) is 0 Å². The fourth-order valence-electron chi connectivity index (χ4n) is 2.59. The summed E-state index contributed by atoms with van der Waals surface area (Å²) in [6, 6.07) is 15.4. The summed E-state index contributed by atoms with van der Waals surface area (Å²) in [4.78, 5) is 3.17. The molecule has 1 heterocycles. The second kappa shape index (κ2) is 4.69. The lowest BCUT2D eigenvalue weighted by Crippen LogP contribution is -2.23. The van der Waals surface area contributed by atoms with Crippen LogP contribution >= 0.6 is 0 Å². The number of methoxy groups -OCH3 is 1. The molecule has 0 radical (unpaired) electrons. The molecule has 3 heteroatoms. The highest BCUT2D eigenvalue weighted by molar-refractivity contribution is 5.84. The standard InChI is InChI=1S/C17H17NO2/c1-17(19,12-5-3-6-13(11-12)20-2)15-7-4-8-16-14(15)9-10-18-16/h3-11,18-19H,1-2H3.